The van der Waals surface area contributed by atoms with Crippen molar-refractivity contribution in [1.82, 2.24) is 3.97 Å². The second-order valence-corrected chi connectivity index (χ2v) is 7.67. The number of benzene rings is 2. The summed E-state index contributed by atoms with van der Waals surface area (Å²) >= 11 is 0. The third-order valence-corrected chi connectivity index (χ3v) is 5.86. The molecule has 2 aromatic carbocycles. The molecule has 0 aliphatic rings. The largest absolute Gasteiger partial charge is 0.298 e. The van der Waals surface area contributed by atoms with Gasteiger partial charge in [0, 0.05) is 11.8 Å². The molecule has 0 radical (unpaired) electrons. The average Bonchev–Trinajstić information content (AvgIpc) is 3.00. The molecule has 0 aliphatic heterocycles. The maximum Gasteiger partial charge on any atom is 0.269 e. The molecular weight excluding hydrogens is 346 g/mol. The summed E-state index contributed by atoms with van der Waals surface area (Å²) in [7, 11) is -3.87. The SMILES string of the molecule is CCCCC#Cc1c(C=O)c2ccccc2n1S(=O)(=O)c1ccccc1. The molecule has 0 saturated carbocycles. The van der Waals surface area contributed by atoms with Crippen molar-refractivity contribution < 1.29 is 13.2 Å². The van der Waals surface area contributed by atoms with Crippen LogP contribution in [0.1, 0.15) is 42.2 Å². The first kappa shape index (κ1) is 18.0. The summed E-state index contributed by atoms with van der Waals surface area (Å²) in [4.78, 5) is 11.9. The van der Waals surface area contributed by atoms with Gasteiger partial charge in [0.25, 0.3) is 10.0 Å². The lowest BCUT2D eigenvalue weighted by Crippen LogP contribution is -2.15. The van der Waals surface area contributed by atoms with E-state index in [2.05, 4.69) is 18.8 Å². The molecule has 5 heteroatoms. The van der Waals surface area contributed by atoms with Crippen LogP contribution in [0.4, 0.5) is 0 Å². The maximum atomic E-state index is 13.3. The molecule has 0 saturated heterocycles. The van der Waals surface area contributed by atoms with Crippen molar-refractivity contribution in [2.75, 3.05) is 0 Å². The van der Waals surface area contributed by atoms with Crippen molar-refractivity contribution in [3.8, 4) is 11.8 Å². The van der Waals surface area contributed by atoms with Crippen LogP contribution in [0.3, 0.4) is 0 Å². The first-order chi connectivity index (χ1) is 12.6. The molecule has 0 fully saturated rings. The number of carbonyl (C=O) groups excluding carboxylic acids is 1. The Morgan fingerprint density at radius 2 is 1.73 bits per heavy atom. The van der Waals surface area contributed by atoms with Crippen LogP contribution in [0.2, 0.25) is 0 Å². The van der Waals surface area contributed by atoms with Crippen LogP contribution < -0.4 is 0 Å². The van der Waals surface area contributed by atoms with Gasteiger partial charge in [-0.2, -0.15) is 0 Å². The molecule has 0 N–H and O–H groups in total. The lowest BCUT2D eigenvalue weighted by Gasteiger charge is -2.09. The topological polar surface area (TPSA) is 56.1 Å². The van der Waals surface area contributed by atoms with E-state index in [1.165, 1.54) is 3.97 Å². The van der Waals surface area contributed by atoms with E-state index >= 15 is 0 Å². The Labute approximate surface area is 153 Å². The lowest BCUT2D eigenvalue weighted by atomic mass is 10.1. The van der Waals surface area contributed by atoms with Gasteiger partial charge in [0.1, 0.15) is 5.69 Å². The molecule has 1 aromatic heterocycles. The van der Waals surface area contributed by atoms with E-state index in [0.29, 0.717) is 29.2 Å². The molecule has 0 aliphatic carbocycles. The highest BCUT2D eigenvalue weighted by atomic mass is 32.2. The van der Waals surface area contributed by atoms with E-state index in [0.717, 1.165) is 12.8 Å². The fourth-order valence-corrected chi connectivity index (χ4v) is 4.35. The summed E-state index contributed by atoms with van der Waals surface area (Å²) in [5, 5.41) is 0.585. The van der Waals surface area contributed by atoms with E-state index < -0.39 is 10.0 Å². The highest BCUT2D eigenvalue weighted by Crippen LogP contribution is 2.29. The molecule has 0 unspecified atom stereocenters. The zero-order valence-corrected chi connectivity index (χ0v) is 15.3. The number of carbonyl (C=O) groups is 1. The summed E-state index contributed by atoms with van der Waals surface area (Å²) in [5.74, 6) is 5.94. The van der Waals surface area contributed by atoms with Crippen LogP contribution in [-0.2, 0) is 10.0 Å². The lowest BCUT2D eigenvalue weighted by molar-refractivity contribution is 0.112. The van der Waals surface area contributed by atoms with Gasteiger partial charge in [0.15, 0.2) is 6.29 Å². The monoisotopic (exact) mass is 365 g/mol. The quantitative estimate of drug-likeness (QED) is 0.386. The number of rotatable bonds is 5. The minimum absolute atomic E-state index is 0.162. The number of hydrogen-bond donors (Lipinski definition) is 0. The predicted octanol–water partition coefficient (Wildman–Crippen LogP) is 4.23. The van der Waals surface area contributed by atoms with Gasteiger partial charge >= 0.3 is 0 Å². The fourth-order valence-electron chi connectivity index (χ4n) is 2.83. The normalized spacial score (nSPS) is 11.1. The highest BCUT2D eigenvalue weighted by molar-refractivity contribution is 7.90. The molecule has 0 atom stereocenters. The Balaban J connectivity index is 2.32. The number of hydrogen-bond acceptors (Lipinski definition) is 3. The van der Waals surface area contributed by atoms with Crippen LogP contribution in [0, 0.1) is 11.8 Å². The van der Waals surface area contributed by atoms with Crippen molar-refractivity contribution in [3.63, 3.8) is 0 Å². The van der Waals surface area contributed by atoms with E-state index in [1.807, 2.05) is 0 Å². The van der Waals surface area contributed by atoms with Gasteiger partial charge in [-0.05, 0) is 30.5 Å². The number of unbranched alkanes of at least 4 members (excludes halogenated alkanes) is 2. The number of aromatic nitrogens is 1. The van der Waals surface area contributed by atoms with Crippen LogP contribution in [0.25, 0.3) is 10.9 Å². The first-order valence-corrected chi connectivity index (χ1v) is 9.93. The van der Waals surface area contributed by atoms with Crippen LogP contribution >= 0.6 is 0 Å². The summed E-state index contributed by atoms with van der Waals surface area (Å²) in [6.07, 6.45) is 3.26. The van der Waals surface area contributed by atoms with Gasteiger partial charge in [-0.25, -0.2) is 12.4 Å². The molecule has 132 valence electrons. The smallest absolute Gasteiger partial charge is 0.269 e. The van der Waals surface area contributed by atoms with E-state index in [9.17, 15) is 13.2 Å². The molecule has 3 rings (SSSR count). The van der Waals surface area contributed by atoms with Crippen molar-refractivity contribution in [2.45, 2.75) is 31.1 Å². The Morgan fingerprint density at radius 3 is 2.42 bits per heavy atom. The summed E-state index contributed by atoms with van der Waals surface area (Å²) < 4.78 is 27.7. The standard InChI is InChI=1S/C21H19NO3S/c1-2-3-4-8-14-21-19(16-23)18-13-9-10-15-20(18)22(21)26(24,25)17-11-6-5-7-12-17/h5-7,9-13,15-16H,2-4H2,1H3. The molecule has 0 spiro atoms. The number of aldehydes is 1. The number of fused-ring (bicyclic) bond motifs is 1. The fraction of sp³-hybridized carbons (Fsp3) is 0.190. The van der Waals surface area contributed by atoms with Crippen molar-refractivity contribution >= 4 is 27.2 Å². The second kappa shape index (κ2) is 7.59. The molecule has 0 amide bonds. The number of para-hydroxylation sites is 1. The minimum atomic E-state index is -3.87. The Hall–Kier alpha value is -2.84. The van der Waals surface area contributed by atoms with Gasteiger partial charge in [-0.1, -0.05) is 55.7 Å². The van der Waals surface area contributed by atoms with E-state index in [1.54, 1.807) is 54.6 Å². The van der Waals surface area contributed by atoms with E-state index in [-0.39, 0.29) is 10.6 Å². The highest BCUT2D eigenvalue weighted by Gasteiger charge is 2.25. The first-order valence-electron chi connectivity index (χ1n) is 8.49. The zero-order chi connectivity index (χ0) is 18.6. The van der Waals surface area contributed by atoms with E-state index in [4.69, 9.17) is 0 Å². The minimum Gasteiger partial charge on any atom is -0.298 e. The van der Waals surface area contributed by atoms with Crippen LogP contribution in [-0.4, -0.2) is 18.7 Å². The summed E-state index contributed by atoms with van der Waals surface area (Å²) in [5.41, 5.74) is 0.989. The van der Waals surface area contributed by atoms with Crippen LogP contribution in [0.5, 0.6) is 0 Å². The van der Waals surface area contributed by atoms with Crippen molar-refractivity contribution in [2.24, 2.45) is 0 Å². The molecule has 26 heavy (non-hydrogen) atoms. The third-order valence-electron chi connectivity index (χ3n) is 4.13. The van der Waals surface area contributed by atoms with Crippen molar-refractivity contribution in [3.05, 3.63) is 65.9 Å². The van der Waals surface area contributed by atoms with Gasteiger partial charge < -0.3 is 0 Å². The summed E-state index contributed by atoms with van der Waals surface area (Å²) in [6.45, 7) is 2.06. The molecule has 0 bridgehead atoms. The zero-order valence-electron chi connectivity index (χ0n) is 14.5. The summed E-state index contributed by atoms with van der Waals surface area (Å²) in [6, 6.07) is 15.2. The van der Waals surface area contributed by atoms with Crippen LogP contribution in [0.15, 0.2) is 59.5 Å². The van der Waals surface area contributed by atoms with Gasteiger partial charge in [-0.15, -0.1) is 0 Å². The van der Waals surface area contributed by atoms with Crippen molar-refractivity contribution in [1.29, 1.82) is 0 Å². The Bertz CT molecular complexity index is 1100. The molecule has 1 heterocycles. The average molecular weight is 365 g/mol. The van der Waals surface area contributed by atoms with Gasteiger partial charge in [0.05, 0.1) is 16.0 Å². The maximum absolute atomic E-state index is 13.3. The van der Waals surface area contributed by atoms with Gasteiger partial charge in [-0.3, -0.25) is 4.79 Å². The Morgan fingerprint density at radius 1 is 1.04 bits per heavy atom. The second-order valence-electron chi connectivity index (χ2n) is 5.89. The predicted molar refractivity (Wildman–Crippen MR) is 103 cm³/mol. The molecule has 3 aromatic rings. The van der Waals surface area contributed by atoms with Gasteiger partial charge in [0.2, 0.25) is 0 Å². The third kappa shape index (κ3) is 3.16. The number of nitrogens with zero attached hydrogens (tertiary/aromatic N) is 1. The molecule has 4 nitrogen and oxygen atoms in total. The molecular formula is C21H19NO3S. The Kier molecular flexibility index (Phi) is 5.24.